The minimum Gasteiger partial charge on any atom is -0.481 e. The molecule has 1 N–H and O–H groups in total. The van der Waals surface area contributed by atoms with Crippen LogP contribution in [-0.2, 0) is 11.2 Å². The number of carboxylic acid groups (broad SMARTS) is 1. The number of hydrogen-bond donors (Lipinski definition) is 1. The van der Waals surface area contributed by atoms with Crippen molar-refractivity contribution in [2.24, 2.45) is 0 Å². The summed E-state index contributed by atoms with van der Waals surface area (Å²) in [6.45, 7) is 0. The van der Waals surface area contributed by atoms with Crippen LogP contribution in [-0.4, -0.2) is 21.3 Å². The molecule has 0 spiro atoms. The monoisotopic (exact) mass is 230 g/mol. The minimum atomic E-state index is -0.854. The predicted molar refractivity (Wildman–Crippen MR) is 59.9 cm³/mol. The van der Waals surface area contributed by atoms with Crippen molar-refractivity contribution in [1.82, 2.24) is 10.2 Å². The van der Waals surface area contributed by atoms with Crippen LogP contribution in [0.2, 0.25) is 0 Å². The average Bonchev–Trinajstić information content (AvgIpc) is 2.32. The van der Waals surface area contributed by atoms with Crippen molar-refractivity contribution in [3.63, 3.8) is 0 Å². The van der Waals surface area contributed by atoms with Crippen LogP contribution in [0.4, 0.5) is 0 Å². The Hall–Kier alpha value is -2.43. The van der Waals surface area contributed by atoms with Gasteiger partial charge in [-0.3, -0.25) is 4.79 Å². The summed E-state index contributed by atoms with van der Waals surface area (Å²) in [6.07, 6.45) is 1.56. The number of aromatic nitrogens is 2. The molecule has 0 saturated carbocycles. The van der Waals surface area contributed by atoms with Crippen molar-refractivity contribution in [3.8, 4) is 11.6 Å². The fourth-order valence-electron chi connectivity index (χ4n) is 1.31. The number of hydrogen-bond acceptors (Lipinski definition) is 4. The van der Waals surface area contributed by atoms with Gasteiger partial charge in [-0.25, -0.2) is 0 Å². The lowest BCUT2D eigenvalue weighted by atomic mass is 10.1. The molecular formula is C12H10N2O3. The van der Waals surface area contributed by atoms with Gasteiger partial charge in [-0.05, 0) is 23.8 Å². The van der Waals surface area contributed by atoms with Crippen LogP contribution < -0.4 is 4.74 Å². The van der Waals surface area contributed by atoms with Crippen molar-refractivity contribution in [3.05, 3.63) is 48.2 Å². The normalized spacial score (nSPS) is 9.88. The molecule has 0 bridgehead atoms. The number of carboxylic acids is 1. The number of carbonyl (C=O) groups is 1. The van der Waals surface area contributed by atoms with E-state index >= 15 is 0 Å². The molecule has 5 heteroatoms. The van der Waals surface area contributed by atoms with Gasteiger partial charge >= 0.3 is 5.97 Å². The summed E-state index contributed by atoms with van der Waals surface area (Å²) in [7, 11) is 0. The van der Waals surface area contributed by atoms with Crippen molar-refractivity contribution < 1.29 is 14.6 Å². The first kappa shape index (κ1) is 11.1. The molecule has 2 rings (SSSR count). The van der Waals surface area contributed by atoms with Crippen LogP contribution in [0.3, 0.4) is 0 Å². The van der Waals surface area contributed by atoms with E-state index in [4.69, 9.17) is 9.84 Å². The third kappa shape index (κ3) is 3.27. The topological polar surface area (TPSA) is 72.3 Å². The maximum absolute atomic E-state index is 10.5. The second-order valence-electron chi connectivity index (χ2n) is 3.38. The number of ether oxygens (including phenoxy) is 1. The van der Waals surface area contributed by atoms with Gasteiger partial charge in [-0.2, -0.15) is 5.10 Å². The summed E-state index contributed by atoms with van der Waals surface area (Å²) in [6, 6.07) is 10.2. The molecule has 5 nitrogen and oxygen atoms in total. The van der Waals surface area contributed by atoms with Crippen LogP contribution in [0.5, 0.6) is 11.6 Å². The van der Waals surface area contributed by atoms with E-state index < -0.39 is 5.97 Å². The van der Waals surface area contributed by atoms with Gasteiger partial charge < -0.3 is 9.84 Å². The Morgan fingerprint density at radius 2 is 2.00 bits per heavy atom. The highest BCUT2D eigenvalue weighted by Gasteiger charge is 2.02. The first-order valence-electron chi connectivity index (χ1n) is 5.00. The second-order valence-corrected chi connectivity index (χ2v) is 3.38. The van der Waals surface area contributed by atoms with Crippen LogP contribution in [0, 0.1) is 0 Å². The van der Waals surface area contributed by atoms with E-state index in [1.165, 1.54) is 0 Å². The van der Waals surface area contributed by atoms with Crippen LogP contribution in [0.1, 0.15) is 5.56 Å². The summed E-state index contributed by atoms with van der Waals surface area (Å²) >= 11 is 0. The number of rotatable bonds is 4. The molecule has 17 heavy (non-hydrogen) atoms. The first-order chi connectivity index (χ1) is 8.24. The zero-order valence-corrected chi connectivity index (χ0v) is 8.91. The molecule has 0 aliphatic heterocycles. The third-order valence-corrected chi connectivity index (χ3v) is 2.05. The fraction of sp³-hybridized carbons (Fsp3) is 0.0833. The molecule has 1 heterocycles. The van der Waals surface area contributed by atoms with Gasteiger partial charge in [-0.15, -0.1) is 5.10 Å². The van der Waals surface area contributed by atoms with Crippen molar-refractivity contribution >= 4 is 5.97 Å². The van der Waals surface area contributed by atoms with E-state index in [0.717, 1.165) is 5.56 Å². The van der Waals surface area contributed by atoms with Gasteiger partial charge in [0.2, 0.25) is 5.88 Å². The SMILES string of the molecule is O=C(O)Cc1ccc(Oc2cccnn2)cc1. The van der Waals surface area contributed by atoms with E-state index in [1.54, 1.807) is 42.6 Å². The molecule has 1 aromatic heterocycles. The van der Waals surface area contributed by atoms with Gasteiger partial charge in [-0.1, -0.05) is 12.1 Å². The van der Waals surface area contributed by atoms with Crippen molar-refractivity contribution in [2.75, 3.05) is 0 Å². The van der Waals surface area contributed by atoms with Gasteiger partial charge in [0.1, 0.15) is 5.75 Å². The molecular weight excluding hydrogens is 220 g/mol. The molecule has 2 aromatic rings. The Labute approximate surface area is 97.7 Å². The van der Waals surface area contributed by atoms with Crippen LogP contribution >= 0.6 is 0 Å². The largest absolute Gasteiger partial charge is 0.481 e. The highest BCUT2D eigenvalue weighted by Crippen LogP contribution is 2.18. The number of nitrogens with zero attached hydrogens (tertiary/aromatic N) is 2. The fourth-order valence-corrected chi connectivity index (χ4v) is 1.31. The van der Waals surface area contributed by atoms with Gasteiger partial charge in [0.05, 0.1) is 6.42 Å². The molecule has 0 fully saturated rings. The summed E-state index contributed by atoms with van der Waals surface area (Å²) in [5, 5.41) is 16.1. The summed E-state index contributed by atoms with van der Waals surface area (Å²) in [5.41, 5.74) is 0.726. The molecule has 0 aliphatic carbocycles. The Kier molecular flexibility index (Phi) is 3.30. The molecule has 86 valence electrons. The van der Waals surface area contributed by atoms with Crippen LogP contribution in [0.15, 0.2) is 42.6 Å². The highest BCUT2D eigenvalue weighted by molar-refractivity contribution is 5.70. The minimum absolute atomic E-state index is 0.00538. The van der Waals surface area contributed by atoms with Gasteiger partial charge in [0.15, 0.2) is 0 Å². The quantitative estimate of drug-likeness (QED) is 0.868. The Morgan fingerprint density at radius 3 is 2.59 bits per heavy atom. The predicted octanol–water partition coefficient (Wildman–Crippen LogP) is 1.90. The van der Waals surface area contributed by atoms with E-state index in [2.05, 4.69) is 10.2 Å². The summed E-state index contributed by atoms with van der Waals surface area (Å²) in [4.78, 5) is 10.5. The van der Waals surface area contributed by atoms with Crippen molar-refractivity contribution in [1.29, 1.82) is 0 Å². The molecule has 0 aliphatic rings. The van der Waals surface area contributed by atoms with Crippen LogP contribution in [0.25, 0.3) is 0 Å². The Balaban J connectivity index is 2.06. The number of benzene rings is 1. The van der Waals surface area contributed by atoms with Gasteiger partial charge in [0.25, 0.3) is 0 Å². The lowest BCUT2D eigenvalue weighted by Crippen LogP contribution is -1.99. The lowest BCUT2D eigenvalue weighted by Gasteiger charge is -2.04. The van der Waals surface area contributed by atoms with E-state index in [9.17, 15) is 4.79 Å². The lowest BCUT2D eigenvalue weighted by molar-refractivity contribution is -0.136. The molecule has 0 amide bonds. The molecule has 0 saturated heterocycles. The smallest absolute Gasteiger partial charge is 0.307 e. The molecule has 1 aromatic carbocycles. The Bertz CT molecular complexity index is 497. The molecule has 0 atom stereocenters. The zero-order valence-electron chi connectivity index (χ0n) is 8.91. The van der Waals surface area contributed by atoms with E-state index in [0.29, 0.717) is 11.6 Å². The van der Waals surface area contributed by atoms with Crippen molar-refractivity contribution in [2.45, 2.75) is 6.42 Å². The maximum Gasteiger partial charge on any atom is 0.307 e. The summed E-state index contributed by atoms with van der Waals surface area (Å²) < 4.78 is 5.42. The zero-order chi connectivity index (χ0) is 12.1. The maximum atomic E-state index is 10.5. The Morgan fingerprint density at radius 1 is 1.24 bits per heavy atom. The first-order valence-corrected chi connectivity index (χ1v) is 5.00. The van der Waals surface area contributed by atoms with Gasteiger partial charge in [0, 0.05) is 12.3 Å². The second kappa shape index (κ2) is 5.07. The average molecular weight is 230 g/mol. The highest BCUT2D eigenvalue weighted by atomic mass is 16.5. The molecule has 0 unspecified atom stereocenters. The standard InChI is InChI=1S/C12H10N2O3/c15-12(16)8-9-3-5-10(6-4-9)17-11-2-1-7-13-14-11/h1-7H,8H2,(H,15,16). The third-order valence-electron chi connectivity index (χ3n) is 2.05. The number of aliphatic carboxylic acids is 1. The summed E-state index contributed by atoms with van der Waals surface area (Å²) in [5.74, 6) is 0.144. The molecule has 0 radical (unpaired) electrons. The van der Waals surface area contributed by atoms with E-state index in [-0.39, 0.29) is 6.42 Å². The van der Waals surface area contributed by atoms with E-state index in [1.807, 2.05) is 0 Å².